The van der Waals surface area contributed by atoms with E-state index in [2.05, 4.69) is 10.3 Å². The van der Waals surface area contributed by atoms with Gasteiger partial charge in [0, 0.05) is 23.8 Å². The number of primary amides is 1. The van der Waals surface area contributed by atoms with Gasteiger partial charge in [-0.05, 0) is 17.7 Å². The van der Waals surface area contributed by atoms with E-state index in [1.807, 2.05) is 0 Å². The number of nitrogens with zero attached hydrogens (tertiary/aromatic N) is 3. The summed E-state index contributed by atoms with van der Waals surface area (Å²) in [6, 6.07) is 7.13. The normalized spacial score (nSPS) is 17.4. The van der Waals surface area contributed by atoms with Gasteiger partial charge in [0.2, 0.25) is 11.8 Å². The molecule has 0 radical (unpaired) electrons. The first-order valence-electron chi connectivity index (χ1n) is 8.87. The first-order valence-corrected chi connectivity index (χ1v) is 9.75. The highest BCUT2D eigenvalue weighted by atomic mass is 32.1. The molecule has 1 atom stereocenters. The van der Waals surface area contributed by atoms with Gasteiger partial charge in [0.05, 0.1) is 24.2 Å². The zero-order valence-electron chi connectivity index (χ0n) is 15.6. The lowest BCUT2D eigenvalue weighted by atomic mass is 10.1. The number of benzene rings is 1. The molecule has 8 nitrogen and oxygen atoms in total. The highest BCUT2D eigenvalue weighted by molar-refractivity contribution is 7.09. The molecule has 0 bridgehead atoms. The molecule has 3 N–H and O–H groups in total. The van der Waals surface area contributed by atoms with Gasteiger partial charge in [-0.25, -0.2) is 13.8 Å². The Kier molecular flexibility index (Phi) is 6.07. The fraction of sp³-hybridized carbons (Fsp3) is 0.316. The van der Waals surface area contributed by atoms with Crippen LogP contribution in [0.15, 0.2) is 29.6 Å². The van der Waals surface area contributed by atoms with Crippen LogP contribution in [-0.2, 0) is 11.2 Å². The highest BCUT2D eigenvalue weighted by Gasteiger charge is 2.47. The Balaban J connectivity index is 1.55. The number of rotatable bonds is 6. The monoisotopic (exact) mass is 433 g/mol. The van der Waals surface area contributed by atoms with Gasteiger partial charge in [0.25, 0.3) is 11.8 Å². The lowest BCUT2D eigenvalue weighted by molar-refractivity contribution is -0.131. The lowest BCUT2D eigenvalue weighted by Crippen LogP contribution is -2.43. The number of thiazole rings is 1. The van der Waals surface area contributed by atoms with Crippen molar-refractivity contribution in [2.24, 2.45) is 5.73 Å². The van der Waals surface area contributed by atoms with Crippen molar-refractivity contribution in [1.29, 1.82) is 5.26 Å². The van der Waals surface area contributed by atoms with Crippen LogP contribution < -0.4 is 11.1 Å². The largest absolute Gasteiger partial charge is 0.366 e. The summed E-state index contributed by atoms with van der Waals surface area (Å²) in [5.74, 6) is -5.01. The van der Waals surface area contributed by atoms with Gasteiger partial charge in [0.15, 0.2) is 0 Å². The Morgan fingerprint density at radius 3 is 2.67 bits per heavy atom. The molecule has 0 spiro atoms. The van der Waals surface area contributed by atoms with Crippen molar-refractivity contribution in [3.05, 3.63) is 51.5 Å². The highest BCUT2D eigenvalue weighted by Crippen LogP contribution is 2.31. The van der Waals surface area contributed by atoms with Crippen molar-refractivity contribution in [3.8, 4) is 6.07 Å². The number of nitrogens with one attached hydrogen (secondary N) is 1. The van der Waals surface area contributed by atoms with Crippen LogP contribution in [0.2, 0.25) is 0 Å². The molecule has 11 heteroatoms. The molecule has 1 aromatic heterocycles. The van der Waals surface area contributed by atoms with Crippen LogP contribution in [0.5, 0.6) is 0 Å². The quantitative estimate of drug-likeness (QED) is 0.710. The lowest BCUT2D eigenvalue weighted by Gasteiger charge is -2.19. The molecule has 2 heterocycles. The van der Waals surface area contributed by atoms with E-state index >= 15 is 0 Å². The van der Waals surface area contributed by atoms with Crippen LogP contribution in [0.3, 0.4) is 0 Å². The number of alkyl halides is 2. The summed E-state index contributed by atoms with van der Waals surface area (Å²) in [6.45, 7) is -1.34. The zero-order valence-corrected chi connectivity index (χ0v) is 16.4. The predicted molar refractivity (Wildman–Crippen MR) is 103 cm³/mol. The maximum atomic E-state index is 13.4. The molecule has 30 heavy (non-hydrogen) atoms. The summed E-state index contributed by atoms with van der Waals surface area (Å²) >= 11 is 1.25. The maximum absolute atomic E-state index is 13.4. The third-order valence-electron chi connectivity index (χ3n) is 4.52. The molecule has 156 valence electrons. The van der Waals surface area contributed by atoms with E-state index in [-0.39, 0.29) is 5.69 Å². The van der Waals surface area contributed by atoms with E-state index in [0.29, 0.717) is 17.0 Å². The molecule has 0 saturated carbocycles. The van der Waals surface area contributed by atoms with E-state index in [1.165, 1.54) is 16.7 Å². The van der Waals surface area contributed by atoms with Gasteiger partial charge >= 0.3 is 0 Å². The molecule has 3 amide bonds. The van der Waals surface area contributed by atoms with Crippen molar-refractivity contribution in [3.63, 3.8) is 0 Å². The second-order valence-corrected chi connectivity index (χ2v) is 7.72. The Labute approximate surface area is 174 Å². The van der Waals surface area contributed by atoms with Crippen molar-refractivity contribution in [1.82, 2.24) is 15.2 Å². The van der Waals surface area contributed by atoms with Crippen molar-refractivity contribution in [2.75, 3.05) is 13.1 Å². The smallest absolute Gasteiger partial charge is 0.271 e. The minimum absolute atomic E-state index is 0.0974. The molecule has 1 aliphatic rings. The molecule has 1 saturated heterocycles. The molecular weight excluding hydrogens is 416 g/mol. The number of likely N-dealkylation sites (tertiary alicyclic amines) is 1. The van der Waals surface area contributed by atoms with Gasteiger partial charge in [-0.15, -0.1) is 11.3 Å². The Bertz CT molecular complexity index is 1020. The van der Waals surface area contributed by atoms with E-state index < -0.39 is 49.2 Å². The van der Waals surface area contributed by atoms with Crippen LogP contribution in [0.4, 0.5) is 8.78 Å². The number of carbonyl (C=O) groups is 3. The summed E-state index contributed by atoms with van der Waals surface area (Å²) in [5, 5.41) is 13.5. The number of halogens is 2. The van der Waals surface area contributed by atoms with Gasteiger partial charge < -0.3 is 16.0 Å². The van der Waals surface area contributed by atoms with Crippen molar-refractivity contribution in [2.45, 2.75) is 24.8 Å². The zero-order chi connectivity index (χ0) is 21.9. The number of amides is 3. The van der Waals surface area contributed by atoms with E-state index in [4.69, 9.17) is 11.0 Å². The second kappa shape index (κ2) is 8.54. The van der Waals surface area contributed by atoms with Gasteiger partial charge in [0.1, 0.15) is 11.7 Å². The Hall–Kier alpha value is -3.39. The van der Waals surface area contributed by atoms with Crippen LogP contribution in [0.1, 0.15) is 37.8 Å². The third kappa shape index (κ3) is 4.96. The fourth-order valence-electron chi connectivity index (χ4n) is 3.00. The minimum atomic E-state index is -3.11. The number of carbonyl (C=O) groups excluding carboxylic acids is 3. The number of aromatic nitrogens is 1. The molecule has 0 aliphatic carbocycles. The number of nitrogens with two attached hydrogens (primary N) is 1. The molecule has 1 fully saturated rings. The van der Waals surface area contributed by atoms with Crippen LogP contribution in [0.25, 0.3) is 0 Å². The first-order chi connectivity index (χ1) is 14.2. The van der Waals surface area contributed by atoms with Gasteiger partial charge in [-0.3, -0.25) is 14.4 Å². The first kappa shape index (κ1) is 21.3. The van der Waals surface area contributed by atoms with Crippen molar-refractivity contribution >= 4 is 29.1 Å². The van der Waals surface area contributed by atoms with Gasteiger partial charge in [-0.2, -0.15) is 5.26 Å². The number of hydrogen-bond acceptors (Lipinski definition) is 6. The van der Waals surface area contributed by atoms with Crippen LogP contribution >= 0.6 is 11.3 Å². The second-order valence-electron chi connectivity index (χ2n) is 6.77. The molecule has 0 unspecified atom stereocenters. The number of nitriles is 1. The topological polar surface area (TPSA) is 129 Å². The predicted octanol–water partition coefficient (Wildman–Crippen LogP) is 1.32. The summed E-state index contributed by atoms with van der Waals surface area (Å²) in [6.07, 6.45) is -0.276. The van der Waals surface area contributed by atoms with Crippen LogP contribution in [0, 0.1) is 11.3 Å². The Morgan fingerprint density at radius 2 is 2.03 bits per heavy atom. The molecule has 1 aromatic carbocycles. The summed E-state index contributed by atoms with van der Waals surface area (Å²) < 4.78 is 26.9. The Morgan fingerprint density at radius 1 is 1.33 bits per heavy atom. The fourth-order valence-corrected chi connectivity index (χ4v) is 3.81. The van der Waals surface area contributed by atoms with Crippen LogP contribution in [-0.4, -0.2) is 52.7 Å². The molecule has 2 aromatic rings. The summed E-state index contributed by atoms with van der Waals surface area (Å²) in [7, 11) is 0. The average Bonchev–Trinajstić information content (AvgIpc) is 3.29. The third-order valence-corrected chi connectivity index (χ3v) is 5.37. The SMILES string of the molecule is N#C[C@@H]1CC(F)(F)CN1C(=O)CNC(=O)c1csc(Cc2ccc(C(N)=O)cc2)n1. The molecular formula is C19H17F2N5O3S. The standard InChI is InChI=1S/C19H17F2N5O3S/c20-19(21)6-13(7-22)26(10-19)16(27)8-24-18(29)14-9-30-15(25-14)5-11-1-3-12(4-2-11)17(23)28/h1-4,9,13H,5-6,8,10H2,(H2,23,28)(H,24,29)/t13-/m0/s1. The maximum Gasteiger partial charge on any atom is 0.271 e. The average molecular weight is 433 g/mol. The number of hydrogen-bond donors (Lipinski definition) is 2. The summed E-state index contributed by atoms with van der Waals surface area (Å²) in [4.78, 5) is 40.4. The van der Waals surface area contributed by atoms with E-state index in [1.54, 1.807) is 30.3 Å². The minimum Gasteiger partial charge on any atom is -0.366 e. The summed E-state index contributed by atoms with van der Waals surface area (Å²) in [5.41, 5.74) is 6.55. The molecule has 3 rings (SSSR count). The van der Waals surface area contributed by atoms with Crippen molar-refractivity contribution < 1.29 is 23.2 Å². The van der Waals surface area contributed by atoms with Gasteiger partial charge in [-0.1, -0.05) is 12.1 Å². The molecule has 1 aliphatic heterocycles. The van der Waals surface area contributed by atoms with E-state index in [0.717, 1.165) is 10.5 Å². The van der Waals surface area contributed by atoms with E-state index in [9.17, 15) is 23.2 Å².